The number of hydrogen-bond donors (Lipinski definition) is 2. The van der Waals surface area contributed by atoms with Crippen LogP contribution in [-0.2, 0) is 32.6 Å². The third kappa shape index (κ3) is 7.00. The van der Waals surface area contributed by atoms with Crippen molar-refractivity contribution in [3.8, 4) is 0 Å². The first-order valence-corrected chi connectivity index (χ1v) is 14.1. The molecule has 210 valence electrons. The minimum absolute atomic E-state index is 0.0616. The predicted molar refractivity (Wildman–Crippen MR) is 152 cm³/mol. The molecular formula is C32H43N3O4. The Kier molecular flexibility index (Phi) is 8.38. The highest BCUT2D eigenvalue weighted by Gasteiger charge is 2.43. The first-order chi connectivity index (χ1) is 18.4. The van der Waals surface area contributed by atoms with Crippen LogP contribution < -0.4 is 10.6 Å². The molecule has 1 heterocycles. The van der Waals surface area contributed by atoms with Crippen LogP contribution in [0.5, 0.6) is 0 Å². The van der Waals surface area contributed by atoms with Crippen LogP contribution in [0.25, 0.3) is 0 Å². The summed E-state index contributed by atoms with van der Waals surface area (Å²) in [7, 11) is 0. The van der Waals surface area contributed by atoms with Gasteiger partial charge in [-0.1, -0.05) is 54.6 Å². The summed E-state index contributed by atoms with van der Waals surface area (Å²) in [5.41, 5.74) is 2.20. The lowest BCUT2D eigenvalue weighted by Crippen LogP contribution is -2.60. The van der Waals surface area contributed by atoms with Gasteiger partial charge in [-0.2, -0.15) is 0 Å². The van der Waals surface area contributed by atoms with Gasteiger partial charge in [0, 0.05) is 13.1 Å². The van der Waals surface area contributed by atoms with E-state index in [1.165, 1.54) is 11.1 Å². The lowest BCUT2D eigenvalue weighted by atomic mass is 9.74. The number of nitrogens with zero attached hydrogens (tertiary/aromatic N) is 1. The SMILES string of the molecule is CC(C)(C)OC(=O)NC(C)(C)C(=O)NC(CCc1ccccc1)C(=O)N1CCC2(CCc3ccccc32)CC1. The Hall–Kier alpha value is -3.35. The number of rotatable bonds is 7. The van der Waals surface area contributed by atoms with Crippen LogP contribution in [0, 0.1) is 0 Å². The van der Waals surface area contributed by atoms with Crippen LogP contribution in [0.2, 0.25) is 0 Å². The Labute approximate surface area is 232 Å². The quantitative estimate of drug-likeness (QED) is 0.529. The fourth-order valence-electron chi connectivity index (χ4n) is 5.83. The van der Waals surface area contributed by atoms with E-state index in [2.05, 4.69) is 34.9 Å². The average molecular weight is 534 g/mol. The molecule has 1 atom stereocenters. The molecule has 3 amide bonds. The number of likely N-dealkylation sites (tertiary alicyclic amines) is 1. The van der Waals surface area contributed by atoms with Crippen LogP contribution in [0.15, 0.2) is 54.6 Å². The van der Waals surface area contributed by atoms with Crippen molar-refractivity contribution in [2.75, 3.05) is 13.1 Å². The summed E-state index contributed by atoms with van der Waals surface area (Å²) in [6.45, 7) is 9.88. The number of carbonyl (C=O) groups is 3. The zero-order valence-electron chi connectivity index (χ0n) is 24.0. The van der Waals surface area contributed by atoms with Crippen LogP contribution >= 0.6 is 0 Å². The number of piperidine rings is 1. The van der Waals surface area contributed by atoms with Gasteiger partial charge in [0.2, 0.25) is 11.8 Å². The fourth-order valence-corrected chi connectivity index (χ4v) is 5.83. The fraction of sp³-hybridized carbons (Fsp3) is 0.531. The Morgan fingerprint density at radius 3 is 2.23 bits per heavy atom. The van der Waals surface area contributed by atoms with E-state index < -0.39 is 29.2 Å². The third-order valence-electron chi connectivity index (χ3n) is 8.04. The summed E-state index contributed by atoms with van der Waals surface area (Å²) >= 11 is 0. The van der Waals surface area contributed by atoms with Crippen LogP contribution in [0.4, 0.5) is 4.79 Å². The van der Waals surface area contributed by atoms with Gasteiger partial charge in [0.1, 0.15) is 17.2 Å². The Bertz CT molecular complexity index is 1180. The number of ether oxygens (including phenoxy) is 1. The second-order valence-electron chi connectivity index (χ2n) is 12.6. The van der Waals surface area contributed by atoms with Crippen molar-refractivity contribution < 1.29 is 19.1 Å². The standard InChI is InChI=1S/C32H43N3O4/c1-30(2,3)39-29(38)34-31(4,5)28(37)33-26(16-15-23-11-7-6-8-12-23)27(36)35-21-19-32(20-22-35)18-17-24-13-9-10-14-25(24)32/h6-14,26H,15-22H2,1-5H3,(H,33,37)(H,34,38). The number of fused-ring (bicyclic) bond motifs is 2. The molecule has 0 radical (unpaired) electrons. The van der Waals surface area contributed by atoms with Crippen molar-refractivity contribution in [2.45, 2.75) is 95.7 Å². The second kappa shape index (κ2) is 11.4. The smallest absolute Gasteiger partial charge is 0.408 e. The highest BCUT2D eigenvalue weighted by Crippen LogP contribution is 2.46. The maximum atomic E-state index is 13.8. The molecule has 39 heavy (non-hydrogen) atoms. The molecule has 0 saturated carbocycles. The van der Waals surface area contributed by atoms with Crippen molar-refractivity contribution in [1.82, 2.24) is 15.5 Å². The highest BCUT2D eigenvalue weighted by molar-refractivity contribution is 5.93. The van der Waals surface area contributed by atoms with Crippen molar-refractivity contribution in [3.05, 3.63) is 71.3 Å². The van der Waals surface area contributed by atoms with Crippen LogP contribution in [-0.4, -0.2) is 53.1 Å². The topological polar surface area (TPSA) is 87.7 Å². The molecule has 1 saturated heterocycles. The molecule has 2 N–H and O–H groups in total. The van der Waals surface area contributed by atoms with Crippen molar-refractivity contribution in [3.63, 3.8) is 0 Å². The lowest BCUT2D eigenvalue weighted by Gasteiger charge is -2.41. The maximum absolute atomic E-state index is 13.8. The molecule has 7 heteroatoms. The zero-order valence-corrected chi connectivity index (χ0v) is 24.0. The van der Waals surface area contributed by atoms with Crippen molar-refractivity contribution in [1.29, 1.82) is 0 Å². The number of carbonyl (C=O) groups excluding carboxylic acids is 3. The average Bonchev–Trinajstić information content (AvgIpc) is 3.23. The third-order valence-corrected chi connectivity index (χ3v) is 8.04. The Morgan fingerprint density at radius 1 is 0.923 bits per heavy atom. The highest BCUT2D eigenvalue weighted by atomic mass is 16.6. The molecule has 1 aliphatic carbocycles. The lowest BCUT2D eigenvalue weighted by molar-refractivity contribution is -0.139. The molecule has 1 spiro atoms. The molecule has 2 aromatic rings. The molecular weight excluding hydrogens is 490 g/mol. The summed E-state index contributed by atoms with van der Waals surface area (Å²) in [5.74, 6) is -0.480. The molecule has 2 aliphatic rings. The number of hydrogen-bond acceptors (Lipinski definition) is 4. The zero-order chi connectivity index (χ0) is 28.3. The summed E-state index contributed by atoms with van der Waals surface area (Å²) in [4.78, 5) is 41.5. The predicted octanol–water partition coefficient (Wildman–Crippen LogP) is 4.91. The van der Waals surface area contributed by atoms with E-state index in [-0.39, 0.29) is 11.3 Å². The van der Waals surface area contributed by atoms with Crippen molar-refractivity contribution >= 4 is 17.9 Å². The molecule has 1 aliphatic heterocycles. The normalized spacial score (nSPS) is 17.3. The first kappa shape index (κ1) is 28.7. The molecule has 1 fully saturated rings. The number of alkyl carbamates (subject to hydrolysis) is 1. The van der Waals surface area contributed by atoms with Gasteiger partial charge in [0.25, 0.3) is 0 Å². The van der Waals surface area contributed by atoms with E-state index in [9.17, 15) is 14.4 Å². The second-order valence-corrected chi connectivity index (χ2v) is 12.6. The minimum Gasteiger partial charge on any atom is -0.444 e. The maximum Gasteiger partial charge on any atom is 0.408 e. The van der Waals surface area contributed by atoms with Gasteiger partial charge in [-0.05, 0) is 95.2 Å². The van der Waals surface area contributed by atoms with E-state index in [1.54, 1.807) is 34.6 Å². The van der Waals surface area contributed by atoms with E-state index in [1.807, 2.05) is 35.2 Å². The van der Waals surface area contributed by atoms with Gasteiger partial charge < -0.3 is 20.3 Å². The van der Waals surface area contributed by atoms with Gasteiger partial charge in [-0.3, -0.25) is 9.59 Å². The monoisotopic (exact) mass is 533 g/mol. The molecule has 2 aromatic carbocycles. The van der Waals surface area contributed by atoms with Gasteiger partial charge in [0.05, 0.1) is 0 Å². The van der Waals surface area contributed by atoms with Crippen molar-refractivity contribution in [2.24, 2.45) is 0 Å². The number of nitrogens with one attached hydrogen (secondary N) is 2. The minimum atomic E-state index is -1.26. The van der Waals surface area contributed by atoms with Gasteiger partial charge >= 0.3 is 6.09 Å². The Morgan fingerprint density at radius 2 is 1.56 bits per heavy atom. The van der Waals surface area contributed by atoms with E-state index in [0.717, 1.165) is 31.2 Å². The number of amides is 3. The first-order valence-electron chi connectivity index (χ1n) is 14.1. The van der Waals surface area contributed by atoms with Gasteiger partial charge in [-0.25, -0.2) is 4.79 Å². The van der Waals surface area contributed by atoms with E-state index >= 15 is 0 Å². The molecule has 0 bridgehead atoms. The largest absolute Gasteiger partial charge is 0.444 e. The summed E-state index contributed by atoms with van der Waals surface area (Å²) in [6.07, 6.45) is 4.55. The molecule has 0 aromatic heterocycles. The molecule has 7 nitrogen and oxygen atoms in total. The number of aryl methyl sites for hydroxylation is 2. The molecule has 4 rings (SSSR count). The molecule has 1 unspecified atom stereocenters. The van der Waals surface area contributed by atoms with E-state index in [4.69, 9.17) is 4.74 Å². The van der Waals surface area contributed by atoms with Crippen LogP contribution in [0.3, 0.4) is 0 Å². The van der Waals surface area contributed by atoms with Crippen LogP contribution in [0.1, 0.15) is 77.0 Å². The van der Waals surface area contributed by atoms with Gasteiger partial charge in [0.15, 0.2) is 0 Å². The number of benzene rings is 2. The van der Waals surface area contributed by atoms with E-state index in [0.29, 0.717) is 25.9 Å². The van der Waals surface area contributed by atoms with Gasteiger partial charge in [-0.15, -0.1) is 0 Å². The summed E-state index contributed by atoms with van der Waals surface area (Å²) in [5, 5.41) is 5.62. The summed E-state index contributed by atoms with van der Waals surface area (Å²) < 4.78 is 5.34. The summed E-state index contributed by atoms with van der Waals surface area (Å²) in [6, 6.07) is 18.0. The Balaban J connectivity index is 1.44.